The van der Waals surface area contributed by atoms with Crippen LogP contribution in [0.1, 0.15) is 30.2 Å². The second kappa shape index (κ2) is 4.13. The molecule has 5 heteroatoms. The minimum absolute atomic E-state index is 0.160. The Morgan fingerprint density at radius 1 is 1.57 bits per heavy atom. The molecule has 5 nitrogen and oxygen atoms in total. The van der Waals surface area contributed by atoms with Gasteiger partial charge in [-0.05, 0) is 20.8 Å². The summed E-state index contributed by atoms with van der Waals surface area (Å²) in [6.45, 7) is 6.95. The van der Waals surface area contributed by atoms with Crippen LogP contribution in [0.4, 0.5) is 5.82 Å². The SMILES string of the molecule is CCNC(=O)c1c(N)nc(C)n1CC. The molecule has 0 aliphatic heterocycles. The molecular weight excluding hydrogens is 180 g/mol. The molecule has 0 atom stereocenters. The summed E-state index contributed by atoms with van der Waals surface area (Å²) in [5.74, 6) is 0.911. The van der Waals surface area contributed by atoms with Crippen molar-refractivity contribution in [3.8, 4) is 0 Å². The van der Waals surface area contributed by atoms with E-state index in [-0.39, 0.29) is 5.91 Å². The van der Waals surface area contributed by atoms with Crippen LogP contribution >= 0.6 is 0 Å². The smallest absolute Gasteiger partial charge is 0.271 e. The molecule has 1 aromatic rings. The van der Waals surface area contributed by atoms with Crippen molar-refractivity contribution in [2.24, 2.45) is 0 Å². The van der Waals surface area contributed by atoms with Gasteiger partial charge in [-0.2, -0.15) is 0 Å². The van der Waals surface area contributed by atoms with Crippen LogP contribution < -0.4 is 11.1 Å². The average Bonchev–Trinajstić information content (AvgIpc) is 2.40. The van der Waals surface area contributed by atoms with Crippen LogP contribution in [-0.2, 0) is 6.54 Å². The molecule has 0 aliphatic carbocycles. The Morgan fingerprint density at radius 2 is 2.21 bits per heavy atom. The highest BCUT2D eigenvalue weighted by molar-refractivity contribution is 5.96. The zero-order valence-electron chi connectivity index (χ0n) is 8.79. The van der Waals surface area contributed by atoms with Gasteiger partial charge in [0.25, 0.3) is 5.91 Å². The highest BCUT2D eigenvalue weighted by Gasteiger charge is 2.17. The molecule has 0 fully saturated rings. The van der Waals surface area contributed by atoms with E-state index in [1.54, 1.807) is 4.57 Å². The number of nitrogens with one attached hydrogen (secondary N) is 1. The number of aromatic nitrogens is 2. The fourth-order valence-corrected chi connectivity index (χ4v) is 1.46. The maximum Gasteiger partial charge on any atom is 0.271 e. The van der Waals surface area contributed by atoms with Gasteiger partial charge < -0.3 is 15.6 Å². The minimum Gasteiger partial charge on any atom is -0.382 e. The highest BCUT2D eigenvalue weighted by Crippen LogP contribution is 2.13. The first kappa shape index (κ1) is 10.6. The summed E-state index contributed by atoms with van der Waals surface area (Å²) in [6.07, 6.45) is 0. The molecule has 1 aromatic heterocycles. The van der Waals surface area contributed by atoms with E-state index in [2.05, 4.69) is 10.3 Å². The van der Waals surface area contributed by atoms with Gasteiger partial charge in [-0.25, -0.2) is 4.98 Å². The van der Waals surface area contributed by atoms with Gasteiger partial charge in [-0.1, -0.05) is 0 Å². The Bertz CT molecular complexity index is 343. The van der Waals surface area contributed by atoms with E-state index in [0.717, 1.165) is 5.82 Å². The molecule has 0 unspecified atom stereocenters. The van der Waals surface area contributed by atoms with Gasteiger partial charge in [-0.15, -0.1) is 0 Å². The number of nitrogen functional groups attached to an aromatic ring is 1. The molecule has 0 saturated carbocycles. The zero-order chi connectivity index (χ0) is 10.7. The predicted octanol–water partition coefficient (Wildman–Crippen LogP) is 0.543. The highest BCUT2D eigenvalue weighted by atomic mass is 16.2. The summed E-state index contributed by atoms with van der Waals surface area (Å²) in [5.41, 5.74) is 6.12. The summed E-state index contributed by atoms with van der Waals surface area (Å²) < 4.78 is 1.81. The first-order chi connectivity index (χ1) is 6.61. The van der Waals surface area contributed by atoms with Gasteiger partial charge in [0.1, 0.15) is 5.82 Å². The summed E-state index contributed by atoms with van der Waals surface area (Å²) in [4.78, 5) is 15.7. The average molecular weight is 196 g/mol. The lowest BCUT2D eigenvalue weighted by Crippen LogP contribution is -2.26. The van der Waals surface area contributed by atoms with Crippen LogP contribution in [0.25, 0.3) is 0 Å². The first-order valence-electron chi connectivity index (χ1n) is 4.72. The number of rotatable bonds is 3. The number of nitrogens with two attached hydrogens (primary N) is 1. The van der Waals surface area contributed by atoms with Crippen LogP contribution in [0.5, 0.6) is 0 Å². The Balaban J connectivity index is 3.11. The summed E-state index contributed by atoms with van der Waals surface area (Å²) in [6, 6.07) is 0. The summed E-state index contributed by atoms with van der Waals surface area (Å²) >= 11 is 0. The number of imidazole rings is 1. The van der Waals surface area contributed by atoms with E-state index in [0.29, 0.717) is 24.6 Å². The molecule has 1 heterocycles. The van der Waals surface area contributed by atoms with Gasteiger partial charge in [0.05, 0.1) is 0 Å². The Hall–Kier alpha value is -1.52. The Kier molecular flexibility index (Phi) is 3.11. The van der Waals surface area contributed by atoms with Gasteiger partial charge >= 0.3 is 0 Å². The maximum absolute atomic E-state index is 11.6. The number of carbonyl (C=O) groups is 1. The van der Waals surface area contributed by atoms with E-state index in [1.807, 2.05) is 20.8 Å². The van der Waals surface area contributed by atoms with E-state index in [1.165, 1.54) is 0 Å². The fraction of sp³-hybridized carbons (Fsp3) is 0.556. The quantitative estimate of drug-likeness (QED) is 0.741. The molecule has 1 rings (SSSR count). The van der Waals surface area contributed by atoms with Gasteiger partial charge in [-0.3, -0.25) is 4.79 Å². The van der Waals surface area contributed by atoms with Crippen molar-refractivity contribution < 1.29 is 4.79 Å². The molecule has 1 amide bonds. The number of carbonyl (C=O) groups excluding carboxylic acids is 1. The Labute approximate surface area is 83.3 Å². The number of hydrogen-bond donors (Lipinski definition) is 2. The van der Waals surface area contributed by atoms with Crippen LogP contribution in [-0.4, -0.2) is 22.0 Å². The summed E-state index contributed by atoms with van der Waals surface area (Å²) in [5, 5.41) is 2.71. The van der Waals surface area contributed by atoms with Gasteiger partial charge in [0.15, 0.2) is 11.5 Å². The second-order valence-corrected chi connectivity index (χ2v) is 3.00. The van der Waals surface area contributed by atoms with E-state index >= 15 is 0 Å². The molecule has 0 aliphatic rings. The minimum atomic E-state index is -0.160. The number of amides is 1. The van der Waals surface area contributed by atoms with Crippen molar-refractivity contribution in [2.45, 2.75) is 27.3 Å². The predicted molar refractivity (Wildman–Crippen MR) is 55.1 cm³/mol. The molecule has 0 saturated heterocycles. The lowest BCUT2D eigenvalue weighted by molar-refractivity contribution is 0.0947. The molecule has 0 radical (unpaired) electrons. The van der Waals surface area contributed by atoms with Crippen LogP contribution in [0.3, 0.4) is 0 Å². The molecule has 0 spiro atoms. The third-order valence-corrected chi connectivity index (χ3v) is 2.05. The number of hydrogen-bond acceptors (Lipinski definition) is 3. The van der Waals surface area contributed by atoms with Crippen LogP contribution in [0, 0.1) is 6.92 Å². The maximum atomic E-state index is 11.6. The monoisotopic (exact) mass is 196 g/mol. The normalized spacial score (nSPS) is 10.2. The summed E-state index contributed by atoms with van der Waals surface area (Å²) in [7, 11) is 0. The van der Waals surface area contributed by atoms with Crippen molar-refractivity contribution in [2.75, 3.05) is 12.3 Å². The molecule has 0 bridgehead atoms. The van der Waals surface area contributed by atoms with Crippen molar-refractivity contribution >= 4 is 11.7 Å². The molecular formula is C9H16N4O. The zero-order valence-corrected chi connectivity index (χ0v) is 8.79. The molecule has 78 valence electrons. The number of aryl methyl sites for hydroxylation is 1. The lowest BCUT2D eigenvalue weighted by Gasteiger charge is -2.06. The topological polar surface area (TPSA) is 72.9 Å². The van der Waals surface area contributed by atoms with E-state index in [4.69, 9.17) is 5.73 Å². The fourth-order valence-electron chi connectivity index (χ4n) is 1.46. The van der Waals surface area contributed by atoms with Crippen LogP contribution in [0.2, 0.25) is 0 Å². The third-order valence-electron chi connectivity index (χ3n) is 2.05. The lowest BCUT2D eigenvalue weighted by atomic mass is 10.4. The van der Waals surface area contributed by atoms with E-state index < -0.39 is 0 Å². The van der Waals surface area contributed by atoms with Gasteiger partial charge in [0, 0.05) is 13.1 Å². The molecule has 14 heavy (non-hydrogen) atoms. The van der Waals surface area contributed by atoms with E-state index in [9.17, 15) is 4.79 Å². The first-order valence-corrected chi connectivity index (χ1v) is 4.72. The molecule has 3 N–H and O–H groups in total. The number of nitrogens with zero attached hydrogens (tertiary/aromatic N) is 2. The molecule has 0 aromatic carbocycles. The van der Waals surface area contributed by atoms with Crippen molar-refractivity contribution in [1.82, 2.24) is 14.9 Å². The largest absolute Gasteiger partial charge is 0.382 e. The third kappa shape index (κ3) is 1.71. The van der Waals surface area contributed by atoms with Gasteiger partial charge in [0.2, 0.25) is 0 Å². The van der Waals surface area contributed by atoms with Crippen molar-refractivity contribution in [1.29, 1.82) is 0 Å². The van der Waals surface area contributed by atoms with Crippen LogP contribution in [0.15, 0.2) is 0 Å². The van der Waals surface area contributed by atoms with Crippen molar-refractivity contribution in [3.05, 3.63) is 11.5 Å². The second-order valence-electron chi connectivity index (χ2n) is 3.00. The Morgan fingerprint density at radius 3 is 2.71 bits per heavy atom. The number of anilines is 1. The standard InChI is InChI=1S/C9H16N4O/c1-4-11-9(14)7-8(10)12-6(3)13(7)5-2/h4-5,10H2,1-3H3,(H,11,14). The van der Waals surface area contributed by atoms with Crippen molar-refractivity contribution in [3.63, 3.8) is 0 Å².